The highest BCUT2D eigenvalue weighted by Gasteiger charge is 2.24. The summed E-state index contributed by atoms with van der Waals surface area (Å²) in [6.07, 6.45) is 5.42. The lowest BCUT2D eigenvalue weighted by molar-refractivity contribution is 0.140. The maximum Gasteiger partial charge on any atom is 0.317 e. The third kappa shape index (κ3) is 4.87. The maximum absolute atomic E-state index is 12.4. The van der Waals surface area contributed by atoms with Crippen LogP contribution in [0.15, 0.2) is 10.9 Å². The van der Waals surface area contributed by atoms with Crippen molar-refractivity contribution >= 4 is 27.5 Å². The Labute approximate surface area is 174 Å². The van der Waals surface area contributed by atoms with Crippen molar-refractivity contribution in [3.63, 3.8) is 0 Å². The highest BCUT2D eigenvalue weighted by molar-refractivity contribution is 7.20. The molecule has 2 aromatic heterocycles. The average Bonchev–Trinajstić information content (AvgIpc) is 3.38. The minimum atomic E-state index is -0.136. The molecule has 2 amide bonds. The quantitative estimate of drug-likeness (QED) is 0.735. The number of piperazine rings is 1. The fraction of sp³-hybridized carbons (Fsp3) is 0.684. The van der Waals surface area contributed by atoms with Crippen molar-refractivity contribution in [3.05, 3.63) is 22.1 Å². The van der Waals surface area contributed by atoms with E-state index in [0.717, 1.165) is 64.2 Å². The van der Waals surface area contributed by atoms with Crippen LogP contribution in [0.1, 0.15) is 38.3 Å². The van der Waals surface area contributed by atoms with Crippen LogP contribution >= 0.6 is 11.3 Å². The number of hydrogen-bond donors (Lipinski definition) is 2. The van der Waals surface area contributed by atoms with Gasteiger partial charge in [0, 0.05) is 57.1 Å². The zero-order valence-electron chi connectivity index (χ0n) is 16.9. The van der Waals surface area contributed by atoms with Gasteiger partial charge in [0.05, 0.1) is 0 Å². The molecule has 9 nitrogen and oxygen atoms in total. The summed E-state index contributed by atoms with van der Waals surface area (Å²) in [7, 11) is 0. The van der Waals surface area contributed by atoms with Crippen LogP contribution in [0.25, 0.3) is 4.96 Å². The Bertz CT molecular complexity index is 898. The van der Waals surface area contributed by atoms with Crippen molar-refractivity contribution in [2.45, 2.75) is 45.1 Å². The fourth-order valence-electron chi connectivity index (χ4n) is 3.94. The SMILES string of the molecule is CCc1cc(=O)n2nc(NCCN3CCN(C(=O)NC4CCCC4)CC3)sc2n1. The molecule has 0 spiro atoms. The number of aryl methyl sites for hydroxylation is 1. The lowest BCUT2D eigenvalue weighted by atomic mass is 10.2. The Morgan fingerprint density at radius 1 is 1.24 bits per heavy atom. The molecule has 10 heteroatoms. The first-order valence-corrected chi connectivity index (χ1v) is 11.4. The molecule has 0 bridgehead atoms. The molecule has 2 aromatic rings. The molecular weight excluding hydrogens is 390 g/mol. The van der Waals surface area contributed by atoms with E-state index in [2.05, 4.69) is 25.6 Å². The van der Waals surface area contributed by atoms with Crippen molar-refractivity contribution in [1.82, 2.24) is 29.7 Å². The topological polar surface area (TPSA) is 94.9 Å². The van der Waals surface area contributed by atoms with Crippen LogP contribution in [0.3, 0.4) is 0 Å². The van der Waals surface area contributed by atoms with Gasteiger partial charge in [-0.3, -0.25) is 9.69 Å². The monoisotopic (exact) mass is 419 g/mol. The molecule has 1 aliphatic carbocycles. The number of anilines is 1. The van der Waals surface area contributed by atoms with E-state index in [0.29, 0.717) is 16.1 Å². The van der Waals surface area contributed by atoms with Gasteiger partial charge in [-0.05, 0) is 19.3 Å². The molecule has 1 aliphatic heterocycles. The summed E-state index contributed by atoms with van der Waals surface area (Å²) < 4.78 is 1.36. The van der Waals surface area contributed by atoms with Crippen molar-refractivity contribution in [2.75, 3.05) is 44.6 Å². The predicted molar refractivity (Wildman–Crippen MR) is 114 cm³/mol. The van der Waals surface area contributed by atoms with Crippen LogP contribution in [0.4, 0.5) is 9.93 Å². The second kappa shape index (κ2) is 9.08. The summed E-state index contributed by atoms with van der Waals surface area (Å²) >= 11 is 1.40. The third-order valence-corrected chi connectivity index (χ3v) is 6.57. The maximum atomic E-state index is 12.4. The van der Waals surface area contributed by atoms with Gasteiger partial charge in [0.15, 0.2) is 0 Å². The molecule has 0 radical (unpaired) electrons. The second-order valence-electron chi connectivity index (χ2n) is 7.73. The number of fused-ring (bicyclic) bond motifs is 1. The van der Waals surface area contributed by atoms with Crippen LogP contribution in [0.2, 0.25) is 0 Å². The number of urea groups is 1. The van der Waals surface area contributed by atoms with Gasteiger partial charge in [-0.1, -0.05) is 31.1 Å². The zero-order valence-corrected chi connectivity index (χ0v) is 17.7. The van der Waals surface area contributed by atoms with Gasteiger partial charge in [-0.2, -0.15) is 4.52 Å². The first-order chi connectivity index (χ1) is 14.1. The summed E-state index contributed by atoms with van der Waals surface area (Å²) in [5.74, 6) is 0. The van der Waals surface area contributed by atoms with Gasteiger partial charge < -0.3 is 15.5 Å². The van der Waals surface area contributed by atoms with Crippen molar-refractivity contribution < 1.29 is 4.79 Å². The Balaban J connectivity index is 1.21. The molecule has 1 saturated carbocycles. The van der Waals surface area contributed by atoms with E-state index in [4.69, 9.17) is 0 Å². The highest BCUT2D eigenvalue weighted by atomic mass is 32.1. The smallest absolute Gasteiger partial charge is 0.317 e. The molecule has 3 heterocycles. The molecule has 2 N–H and O–H groups in total. The van der Waals surface area contributed by atoms with Gasteiger partial charge in [0.1, 0.15) is 0 Å². The van der Waals surface area contributed by atoms with E-state index >= 15 is 0 Å². The molecule has 0 aromatic carbocycles. The van der Waals surface area contributed by atoms with E-state index in [1.807, 2.05) is 11.8 Å². The zero-order chi connectivity index (χ0) is 20.2. The lowest BCUT2D eigenvalue weighted by Crippen LogP contribution is -2.53. The van der Waals surface area contributed by atoms with E-state index in [9.17, 15) is 9.59 Å². The summed E-state index contributed by atoms with van der Waals surface area (Å²) in [5.41, 5.74) is 0.656. The predicted octanol–water partition coefficient (Wildman–Crippen LogP) is 1.40. The molecule has 1 saturated heterocycles. The van der Waals surface area contributed by atoms with Gasteiger partial charge in [-0.15, -0.1) is 5.10 Å². The summed E-state index contributed by atoms with van der Waals surface area (Å²) in [6.45, 7) is 6.87. The molecule has 2 aliphatic rings. The molecule has 0 atom stereocenters. The number of carbonyl (C=O) groups excluding carboxylic acids is 1. The average molecular weight is 420 g/mol. The van der Waals surface area contributed by atoms with Crippen LogP contribution < -0.4 is 16.2 Å². The van der Waals surface area contributed by atoms with Crippen LogP contribution in [0, 0.1) is 0 Å². The molecule has 158 valence electrons. The van der Waals surface area contributed by atoms with Crippen LogP contribution in [-0.4, -0.2) is 75.7 Å². The van der Waals surface area contributed by atoms with Crippen molar-refractivity contribution in [3.8, 4) is 0 Å². The Kier molecular flexibility index (Phi) is 6.29. The molecular formula is C19H29N7O2S. The van der Waals surface area contributed by atoms with Gasteiger partial charge >= 0.3 is 6.03 Å². The normalized spacial score (nSPS) is 18.4. The van der Waals surface area contributed by atoms with Crippen molar-refractivity contribution in [2.24, 2.45) is 0 Å². The Morgan fingerprint density at radius 2 is 2.00 bits per heavy atom. The van der Waals surface area contributed by atoms with Gasteiger partial charge in [-0.25, -0.2) is 9.78 Å². The van der Waals surface area contributed by atoms with E-state index < -0.39 is 0 Å². The standard InChI is InChI=1S/C19H29N7O2S/c1-2-14-13-16(27)26-19(22-14)29-17(23-26)20-7-8-24-9-11-25(12-10-24)18(28)21-15-5-3-4-6-15/h13,15H,2-12H2,1H3,(H,20,23)(H,21,28). The first-order valence-electron chi connectivity index (χ1n) is 10.5. The molecule has 4 rings (SSSR count). The lowest BCUT2D eigenvalue weighted by Gasteiger charge is -2.35. The Morgan fingerprint density at radius 3 is 2.72 bits per heavy atom. The minimum Gasteiger partial charge on any atom is -0.359 e. The number of nitrogens with one attached hydrogen (secondary N) is 2. The minimum absolute atomic E-state index is 0.0912. The van der Waals surface area contributed by atoms with Crippen LogP contribution in [-0.2, 0) is 6.42 Å². The largest absolute Gasteiger partial charge is 0.359 e. The van der Waals surface area contributed by atoms with E-state index in [-0.39, 0.29) is 11.6 Å². The first kappa shape index (κ1) is 20.1. The van der Waals surface area contributed by atoms with Gasteiger partial charge in [0.25, 0.3) is 5.56 Å². The number of nitrogens with zero attached hydrogens (tertiary/aromatic N) is 5. The summed E-state index contributed by atoms with van der Waals surface area (Å²) in [6, 6.07) is 2.00. The number of aromatic nitrogens is 3. The fourth-order valence-corrected chi connectivity index (χ4v) is 4.79. The van der Waals surface area contributed by atoms with Crippen molar-refractivity contribution in [1.29, 1.82) is 0 Å². The molecule has 29 heavy (non-hydrogen) atoms. The summed E-state index contributed by atoms with van der Waals surface area (Å²) in [4.78, 5) is 33.8. The molecule has 2 fully saturated rings. The van der Waals surface area contributed by atoms with E-state index in [1.54, 1.807) is 6.07 Å². The summed E-state index contributed by atoms with van der Waals surface area (Å²) in [5, 5.41) is 11.5. The Hall–Kier alpha value is -2.20. The van der Waals surface area contributed by atoms with Crippen LogP contribution in [0.5, 0.6) is 0 Å². The second-order valence-corrected chi connectivity index (χ2v) is 8.68. The van der Waals surface area contributed by atoms with E-state index in [1.165, 1.54) is 28.7 Å². The highest BCUT2D eigenvalue weighted by Crippen LogP contribution is 2.18. The number of rotatable bonds is 6. The number of hydrogen-bond acceptors (Lipinski definition) is 7. The van der Waals surface area contributed by atoms with Gasteiger partial charge in [0.2, 0.25) is 10.1 Å². The third-order valence-electron chi connectivity index (χ3n) is 5.71. The number of amides is 2. The number of carbonyl (C=O) groups is 1. The molecule has 0 unspecified atom stereocenters.